The monoisotopic (exact) mass is 474 g/mol. The van der Waals surface area contributed by atoms with Gasteiger partial charge in [0.1, 0.15) is 22.4 Å². The molecule has 0 spiro atoms. The molecule has 1 N–H and O–H groups in total. The van der Waals surface area contributed by atoms with Crippen molar-refractivity contribution in [1.29, 1.82) is 0 Å². The van der Waals surface area contributed by atoms with Crippen LogP contribution in [0.25, 0.3) is 0 Å². The molecule has 0 radical (unpaired) electrons. The van der Waals surface area contributed by atoms with Crippen molar-refractivity contribution in [2.45, 2.75) is 23.7 Å². The zero-order valence-electron chi connectivity index (χ0n) is 17.2. The average Bonchev–Trinajstić information content (AvgIpc) is 3.34. The molecule has 1 fully saturated rings. The zero-order valence-corrected chi connectivity index (χ0v) is 18.9. The van der Waals surface area contributed by atoms with Crippen LogP contribution >= 0.6 is 11.3 Å². The van der Waals surface area contributed by atoms with Gasteiger partial charge in [-0.1, -0.05) is 24.3 Å². The molecule has 0 saturated carbocycles. The summed E-state index contributed by atoms with van der Waals surface area (Å²) in [7, 11) is -3.48. The number of benzene rings is 2. The molecule has 32 heavy (non-hydrogen) atoms. The van der Waals surface area contributed by atoms with Gasteiger partial charge in [-0.05, 0) is 54.1 Å². The van der Waals surface area contributed by atoms with Gasteiger partial charge in [-0.2, -0.15) is 4.31 Å². The summed E-state index contributed by atoms with van der Waals surface area (Å²) in [6.45, 7) is 0.881. The van der Waals surface area contributed by atoms with Gasteiger partial charge in [0.15, 0.2) is 0 Å². The third kappa shape index (κ3) is 5.35. The van der Waals surface area contributed by atoms with Crippen LogP contribution in [0.15, 0.2) is 70.3 Å². The number of anilines is 1. The molecule has 2 heterocycles. The molecule has 1 aliphatic rings. The van der Waals surface area contributed by atoms with E-state index in [0.717, 1.165) is 5.56 Å². The van der Waals surface area contributed by atoms with Crippen molar-refractivity contribution in [3.8, 4) is 5.75 Å². The first-order chi connectivity index (χ1) is 15.4. The summed E-state index contributed by atoms with van der Waals surface area (Å²) in [5.74, 6) is -0.306. The molecule has 168 valence electrons. The maximum atomic E-state index is 13.3. The lowest BCUT2D eigenvalue weighted by molar-refractivity contribution is -0.120. The van der Waals surface area contributed by atoms with E-state index in [1.165, 1.54) is 27.8 Å². The molecular weight excluding hydrogens is 451 g/mol. The van der Waals surface area contributed by atoms with Gasteiger partial charge in [0.25, 0.3) is 10.0 Å². The molecule has 1 saturated heterocycles. The van der Waals surface area contributed by atoms with Crippen molar-refractivity contribution < 1.29 is 22.3 Å². The van der Waals surface area contributed by atoms with E-state index in [9.17, 15) is 17.6 Å². The van der Waals surface area contributed by atoms with Crippen molar-refractivity contribution >= 4 is 33.0 Å². The van der Waals surface area contributed by atoms with Gasteiger partial charge in [0.05, 0.1) is 0 Å². The Morgan fingerprint density at radius 3 is 2.59 bits per heavy atom. The molecule has 1 amide bonds. The number of carbonyl (C=O) groups is 1. The fraction of sp³-hybridized carbons (Fsp3) is 0.261. The number of ether oxygens (including phenoxy) is 1. The standard InChI is InChI=1S/C23H23FN2O4S2/c24-19-5-2-7-21(15-19)30-16-17-4-1-6-20(14-17)25-23(27)18-9-11-26(12-10-18)32(28,29)22-8-3-13-31-22/h1-8,13-15,18H,9-12,16H2,(H,25,27). The van der Waals surface area contributed by atoms with Gasteiger partial charge >= 0.3 is 0 Å². The molecule has 2 aromatic carbocycles. The van der Waals surface area contributed by atoms with Gasteiger partial charge in [0.2, 0.25) is 5.91 Å². The van der Waals surface area contributed by atoms with Crippen molar-refractivity contribution in [2.24, 2.45) is 5.92 Å². The van der Waals surface area contributed by atoms with E-state index >= 15 is 0 Å². The molecule has 1 aliphatic heterocycles. The number of nitrogens with one attached hydrogen (secondary N) is 1. The summed E-state index contributed by atoms with van der Waals surface area (Å²) >= 11 is 1.20. The van der Waals surface area contributed by atoms with E-state index in [1.807, 2.05) is 18.2 Å². The highest BCUT2D eigenvalue weighted by molar-refractivity contribution is 7.91. The lowest BCUT2D eigenvalue weighted by Crippen LogP contribution is -2.41. The molecule has 6 nitrogen and oxygen atoms in total. The third-order valence-electron chi connectivity index (χ3n) is 5.31. The summed E-state index contributed by atoms with van der Waals surface area (Å²) in [6, 6.07) is 16.5. The number of halogens is 1. The number of rotatable bonds is 7. The van der Waals surface area contributed by atoms with Crippen LogP contribution < -0.4 is 10.1 Å². The highest BCUT2D eigenvalue weighted by atomic mass is 32.2. The summed E-state index contributed by atoms with van der Waals surface area (Å²) in [5.41, 5.74) is 1.48. The second-order valence-corrected chi connectivity index (χ2v) is 10.7. The summed E-state index contributed by atoms with van der Waals surface area (Å²) in [6.07, 6.45) is 0.942. The summed E-state index contributed by atoms with van der Waals surface area (Å²) in [4.78, 5) is 12.7. The molecule has 9 heteroatoms. The second kappa shape index (κ2) is 9.81. The highest BCUT2D eigenvalue weighted by Crippen LogP contribution is 2.27. The molecule has 0 atom stereocenters. The number of hydrogen-bond donors (Lipinski definition) is 1. The average molecular weight is 475 g/mol. The predicted molar refractivity (Wildman–Crippen MR) is 122 cm³/mol. The molecule has 1 aromatic heterocycles. The molecule has 0 unspecified atom stereocenters. The smallest absolute Gasteiger partial charge is 0.252 e. The Hall–Kier alpha value is -2.75. The Bertz CT molecular complexity index is 1170. The Balaban J connectivity index is 1.31. The van der Waals surface area contributed by atoms with Gasteiger partial charge in [-0.3, -0.25) is 4.79 Å². The molecule has 0 bridgehead atoms. The van der Waals surface area contributed by atoms with E-state index in [4.69, 9.17) is 4.74 Å². The number of sulfonamides is 1. The van der Waals surface area contributed by atoms with Crippen molar-refractivity contribution in [1.82, 2.24) is 4.31 Å². The van der Waals surface area contributed by atoms with E-state index in [2.05, 4.69) is 5.32 Å². The van der Waals surface area contributed by atoms with Gasteiger partial charge < -0.3 is 10.1 Å². The first kappa shape index (κ1) is 22.4. The van der Waals surface area contributed by atoms with Gasteiger partial charge in [0, 0.05) is 30.8 Å². The maximum absolute atomic E-state index is 13.3. The van der Waals surface area contributed by atoms with Crippen LogP contribution in [0.5, 0.6) is 5.75 Å². The number of hydrogen-bond acceptors (Lipinski definition) is 5. The number of amides is 1. The zero-order chi connectivity index (χ0) is 22.6. The van der Waals surface area contributed by atoms with Crippen LogP contribution in [0.3, 0.4) is 0 Å². The summed E-state index contributed by atoms with van der Waals surface area (Å²) in [5, 5.41) is 4.66. The number of carbonyl (C=O) groups excluding carboxylic acids is 1. The first-order valence-corrected chi connectivity index (χ1v) is 12.6. The predicted octanol–water partition coefficient (Wildman–Crippen LogP) is 4.51. The Labute approximate surface area is 190 Å². The van der Waals surface area contributed by atoms with Gasteiger partial charge in [-0.25, -0.2) is 12.8 Å². The fourth-order valence-corrected chi connectivity index (χ4v) is 6.22. The molecule has 0 aliphatic carbocycles. The minimum absolute atomic E-state index is 0.124. The van der Waals surface area contributed by atoms with Crippen LogP contribution in [0.4, 0.5) is 10.1 Å². The SMILES string of the molecule is O=C(Nc1cccc(COc2cccc(F)c2)c1)C1CCN(S(=O)(=O)c2cccs2)CC1. The number of nitrogens with zero attached hydrogens (tertiary/aromatic N) is 1. The third-order valence-corrected chi connectivity index (χ3v) is 8.58. The Kier molecular flexibility index (Phi) is 6.88. The first-order valence-electron chi connectivity index (χ1n) is 10.2. The quantitative estimate of drug-likeness (QED) is 0.547. The summed E-state index contributed by atoms with van der Waals surface area (Å²) < 4.78 is 45.9. The van der Waals surface area contributed by atoms with Crippen LogP contribution in [0.2, 0.25) is 0 Å². The van der Waals surface area contributed by atoms with Crippen molar-refractivity contribution in [3.05, 3.63) is 77.4 Å². The van der Waals surface area contributed by atoms with Crippen molar-refractivity contribution in [3.63, 3.8) is 0 Å². The van der Waals surface area contributed by atoms with Crippen LogP contribution in [-0.4, -0.2) is 31.7 Å². The number of thiophene rings is 1. The lowest BCUT2D eigenvalue weighted by Gasteiger charge is -2.30. The van der Waals surface area contributed by atoms with E-state index < -0.39 is 10.0 Å². The lowest BCUT2D eigenvalue weighted by atomic mass is 9.97. The van der Waals surface area contributed by atoms with Gasteiger partial charge in [-0.15, -0.1) is 11.3 Å². The van der Waals surface area contributed by atoms with E-state index in [1.54, 1.807) is 35.7 Å². The van der Waals surface area contributed by atoms with E-state index in [0.29, 0.717) is 41.6 Å². The minimum atomic E-state index is -3.48. The minimum Gasteiger partial charge on any atom is -0.489 e. The largest absolute Gasteiger partial charge is 0.489 e. The number of piperidine rings is 1. The Morgan fingerprint density at radius 1 is 1.09 bits per heavy atom. The topological polar surface area (TPSA) is 75.7 Å². The van der Waals surface area contributed by atoms with E-state index in [-0.39, 0.29) is 24.2 Å². The fourth-order valence-electron chi connectivity index (χ4n) is 3.60. The van der Waals surface area contributed by atoms with Crippen LogP contribution in [0.1, 0.15) is 18.4 Å². The maximum Gasteiger partial charge on any atom is 0.252 e. The normalized spacial score (nSPS) is 15.4. The van der Waals surface area contributed by atoms with Crippen molar-refractivity contribution in [2.75, 3.05) is 18.4 Å². The highest BCUT2D eigenvalue weighted by Gasteiger charge is 2.32. The second-order valence-electron chi connectivity index (χ2n) is 7.55. The van der Waals surface area contributed by atoms with Crippen LogP contribution in [-0.2, 0) is 21.4 Å². The Morgan fingerprint density at radius 2 is 1.88 bits per heavy atom. The molecular formula is C23H23FN2O4S2. The molecule has 3 aromatic rings. The molecule has 4 rings (SSSR count). The van der Waals surface area contributed by atoms with Crippen LogP contribution in [0, 0.1) is 11.7 Å².